The van der Waals surface area contributed by atoms with Crippen LogP contribution in [0.4, 0.5) is 0 Å². The van der Waals surface area contributed by atoms with Gasteiger partial charge in [-0.1, -0.05) is 37.6 Å². The van der Waals surface area contributed by atoms with Crippen molar-refractivity contribution in [2.45, 2.75) is 96.1 Å². The number of aliphatic carboxylic acids is 1. The number of benzene rings is 1. The van der Waals surface area contributed by atoms with Crippen LogP contribution in [-0.4, -0.2) is 75.3 Å². The molecule has 4 aliphatic rings. The Kier molecular flexibility index (Phi) is 9.78. The molecule has 3 fully saturated rings. The number of hydrogen-bond acceptors (Lipinski definition) is 8. The number of Topliss-reactive ketones (excluding diaryl/α,β-unsaturated/α-hetero) is 1. The minimum absolute atomic E-state index is 0.0200. The SMILES string of the molecule is C[C@]12CCC(=O)C=C1CC[C@H]1[C@H]2CC[C@@]2(C)[C@H]1CC[C@]2(O)C(=O)COC(=O)CCC(=O)NCC(=O)N[C@H](Cc1c[nH]c2ccccc12)C(=O)O. The molecule has 6 rings (SSSR count). The number of para-hydroxylation sites is 1. The molecule has 268 valence electrons. The number of fused-ring (bicyclic) bond motifs is 6. The molecule has 5 N–H and O–H groups in total. The van der Waals surface area contributed by atoms with Gasteiger partial charge in [-0.15, -0.1) is 0 Å². The summed E-state index contributed by atoms with van der Waals surface area (Å²) in [5, 5.41) is 27.2. The monoisotopic (exact) mass is 689 g/mol. The second kappa shape index (κ2) is 13.8. The smallest absolute Gasteiger partial charge is 0.326 e. The number of rotatable bonds is 12. The highest BCUT2D eigenvalue weighted by Gasteiger charge is 2.66. The Morgan fingerprint density at radius 2 is 1.74 bits per heavy atom. The number of aliphatic hydroxyl groups is 1. The van der Waals surface area contributed by atoms with Crippen LogP contribution in [0.5, 0.6) is 0 Å². The Hall–Kier alpha value is -4.32. The van der Waals surface area contributed by atoms with Gasteiger partial charge in [0.25, 0.3) is 0 Å². The summed E-state index contributed by atoms with van der Waals surface area (Å²) in [6, 6.07) is 6.19. The quantitative estimate of drug-likeness (QED) is 0.207. The first-order chi connectivity index (χ1) is 23.7. The highest BCUT2D eigenvalue weighted by atomic mass is 16.5. The number of carbonyl (C=O) groups excluding carboxylic acids is 5. The third-order valence-corrected chi connectivity index (χ3v) is 12.7. The van der Waals surface area contributed by atoms with Gasteiger partial charge in [0, 0.05) is 41.8 Å². The topological polar surface area (TPSA) is 192 Å². The van der Waals surface area contributed by atoms with Crippen LogP contribution in [0.25, 0.3) is 10.9 Å². The average molecular weight is 690 g/mol. The molecule has 12 heteroatoms. The summed E-state index contributed by atoms with van der Waals surface area (Å²) in [6.45, 7) is 3.22. The Balaban J connectivity index is 0.945. The zero-order valence-corrected chi connectivity index (χ0v) is 28.7. The van der Waals surface area contributed by atoms with Crippen LogP contribution in [0, 0.1) is 28.6 Å². The summed E-state index contributed by atoms with van der Waals surface area (Å²) in [4.78, 5) is 77.9. The fourth-order valence-corrected chi connectivity index (χ4v) is 9.82. The van der Waals surface area contributed by atoms with Crippen LogP contribution in [0.15, 0.2) is 42.1 Å². The fourth-order valence-electron chi connectivity index (χ4n) is 9.82. The Morgan fingerprint density at radius 3 is 2.52 bits per heavy atom. The molecule has 0 radical (unpaired) electrons. The molecule has 0 unspecified atom stereocenters. The maximum Gasteiger partial charge on any atom is 0.326 e. The van der Waals surface area contributed by atoms with Crippen molar-refractivity contribution in [2.24, 2.45) is 28.6 Å². The average Bonchev–Trinajstić information content (AvgIpc) is 3.63. The van der Waals surface area contributed by atoms with Crippen molar-refractivity contribution in [3.05, 3.63) is 47.7 Å². The largest absolute Gasteiger partial charge is 0.480 e. The summed E-state index contributed by atoms with van der Waals surface area (Å²) in [7, 11) is 0. The lowest BCUT2D eigenvalue weighted by Gasteiger charge is -2.58. The Labute approximate surface area is 290 Å². The standard InChI is InChI=1S/C38H47N3O9/c1-36-14-11-24(42)18-23(36)7-8-26-27(36)12-15-37(2)28(26)13-16-38(37,49)31(43)21-50-34(46)10-9-32(44)40-20-33(45)41-30(35(47)48)17-22-19-39-29-6-4-3-5-25(22)29/h3-6,18-19,26-28,30,39,49H,7-17,20-21H2,1-2H3,(H,40,44)(H,41,45)(H,47,48)/t26-,27+,28-,30+,36-,37-,38-/m0/s1. The molecule has 2 aromatic rings. The Morgan fingerprint density at radius 1 is 0.980 bits per heavy atom. The number of ketones is 2. The van der Waals surface area contributed by atoms with Crippen molar-refractivity contribution < 1.29 is 43.7 Å². The zero-order chi connectivity index (χ0) is 35.8. The molecule has 1 aromatic heterocycles. The van der Waals surface area contributed by atoms with Gasteiger partial charge in [0.1, 0.15) is 11.6 Å². The van der Waals surface area contributed by atoms with E-state index in [1.165, 1.54) is 5.57 Å². The van der Waals surface area contributed by atoms with E-state index in [4.69, 9.17) is 4.74 Å². The lowest BCUT2D eigenvalue weighted by molar-refractivity contribution is -0.170. The summed E-state index contributed by atoms with van der Waals surface area (Å²) in [5.41, 5.74) is 0.552. The third kappa shape index (κ3) is 6.50. The van der Waals surface area contributed by atoms with Crippen LogP contribution in [0.1, 0.15) is 83.6 Å². The number of esters is 1. The van der Waals surface area contributed by atoms with E-state index in [0.29, 0.717) is 37.5 Å². The molecule has 50 heavy (non-hydrogen) atoms. The van der Waals surface area contributed by atoms with Crippen molar-refractivity contribution >= 4 is 46.2 Å². The lowest BCUT2D eigenvalue weighted by atomic mass is 9.46. The van der Waals surface area contributed by atoms with E-state index in [-0.39, 0.29) is 36.4 Å². The number of carboxylic acid groups (broad SMARTS) is 1. The molecule has 0 bridgehead atoms. The van der Waals surface area contributed by atoms with Gasteiger partial charge in [0.05, 0.1) is 13.0 Å². The summed E-state index contributed by atoms with van der Waals surface area (Å²) in [5.74, 6) is -2.71. The first-order valence-electron chi connectivity index (χ1n) is 17.7. The second-order valence-corrected chi connectivity index (χ2v) is 15.2. The van der Waals surface area contributed by atoms with Gasteiger partial charge in [0.15, 0.2) is 12.4 Å². The summed E-state index contributed by atoms with van der Waals surface area (Å²) >= 11 is 0. The number of carboxylic acids is 1. The van der Waals surface area contributed by atoms with Crippen molar-refractivity contribution in [2.75, 3.05) is 13.2 Å². The molecule has 0 saturated heterocycles. The molecule has 12 nitrogen and oxygen atoms in total. The van der Waals surface area contributed by atoms with E-state index in [1.54, 1.807) is 6.20 Å². The molecule has 0 aliphatic heterocycles. The molecule has 4 aliphatic carbocycles. The van der Waals surface area contributed by atoms with E-state index in [1.807, 2.05) is 37.3 Å². The van der Waals surface area contributed by atoms with E-state index < -0.39 is 59.7 Å². The van der Waals surface area contributed by atoms with Crippen LogP contribution in [0.3, 0.4) is 0 Å². The summed E-state index contributed by atoms with van der Waals surface area (Å²) in [6.07, 6.45) is 8.75. The second-order valence-electron chi connectivity index (χ2n) is 15.2. The van der Waals surface area contributed by atoms with Gasteiger partial charge in [-0.05, 0) is 85.8 Å². The number of aromatic nitrogens is 1. The van der Waals surface area contributed by atoms with Crippen LogP contribution in [-0.2, 0) is 39.9 Å². The molecule has 1 heterocycles. The minimum Gasteiger partial charge on any atom is -0.480 e. The summed E-state index contributed by atoms with van der Waals surface area (Å²) < 4.78 is 5.23. The maximum absolute atomic E-state index is 13.5. The van der Waals surface area contributed by atoms with Gasteiger partial charge >= 0.3 is 11.9 Å². The van der Waals surface area contributed by atoms with E-state index in [0.717, 1.165) is 42.1 Å². The highest BCUT2D eigenvalue weighted by Crippen LogP contribution is 2.67. The normalized spacial score (nSPS) is 30.7. The van der Waals surface area contributed by atoms with Crippen molar-refractivity contribution in [3.8, 4) is 0 Å². The van der Waals surface area contributed by atoms with Crippen molar-refractivity contribution in [3.63, 3.8) is 0 Å². The molecule has 7 atom stereocenters. The van der Waals surface area contributed by atoms with E-state index in [2.05, 4.69) is 22.5 Å². The molecular formula is C38H47N3O9. The van der Waals surface area contributed by atoms with Gasteiger partial charge in [0.2, 0.25) is 17.6 Å². The van der Waals surface area contributed by atoms with Gasteiger partial charge in [-0.3, -0.25) is 24.0 Å². The number of H-pyrrole nitrogens is 1. The van der Waals surface area contributed by atoms with Crippen LogP contribution in [0.2, 0.25) is 0 Å². The predicted molar refractivity (Wildman–Crippen MR) is 181 cm³/mol. The van der Waals surface area contributed by atoms with Crippen LogP contribution >= 0.6 is 0 Å². The third-order valence-electron chi connectivity index (χ3n) is 12.7. The number of hydrogen-bond donors (Lipinski definition) is 5. The van der Waals surface area contributed by atoms with Crippen LogP contribution < -0.4 is 10.6 Å². The lowest BCUT2D eigenvalue weighted by Crippen LogP contribution is -2.58. The maximum atomic E-state index is 13.5. The number of allylic oxidation sites excluding steroid dienone is 1. The molecule has 1 aromatic carbocycles. The first-order valence-corrected chi connectivity index (χ1v) is 17.7. The van der Waals surface area contributed by atoms with Gasteiger partial charge in [-0.25, -0.2) is 4.79 Å². The van der Waals surface area contributed by atoms with E-state index >= 15 is 0 Å². The Bertz CT molecular complexity index is 1750. The number of ether oxygens (including phenoxy) is 1. The molecule has 2 amide bonds. The molecule has 0 spiro atoms. The molecule has 3 saturated carbocycles. The zero-order valence-electron chi connectivity index (χ0n) is 28.7. The minimum atomic E-state index is -1.62. The van der Waals surface area contributed by atoms with Gasteiger partial charge in [-0.2, -0.15) is 0 Å². The highest BCUT2D eigenvalue weighted by molar-refractivity contribution is 5.93. The van der Waals surface area contributed by atoms with Gasteiger partial charge < -0.3 is 30.6 Å². The van der Waals surface area contributed by atoms with Crippen molar-refractivity contribution in [1.29, 1.82) is 0 Å². The predicted octanol–water partition coefficient (Wildman–Crippen LogP) is 3.55. The number of nitrogens with one attached hydrogen (secondary N) is 3. The number of aromatic amines is 1. The number of amides is 2. The first kappa shape index (κ1) is 35.5. The fraction of sp³-hybridized carbons (Fsp3) is 0.579. The van der Waals surface area contributed by atoms with E-state index in [9.17, 15) is 39.0 Å². The number of carbonyl (C=O) groups is 6. The molecular weight excluding hydrogens is 642 g/mol. The van der Waals surface area contributed by atoms with Crippen molar-refractivity contribution in [1.82, 2.24) is 15.6 Å².